The summed E-state index contributed by atoms with van der Waals surface area (Å²) in [5, 5.41) is 8.59. The van der Waals surface area contributed by atoms with Gasteiger partial charge in [-0.3, -0.25) is 4.98 Å². The minimum Gasteiger partial charge on any atom is -0.396 e. The van der Waals surface area contributed by atoms with Crippen LogP contribution in [0, 0.1) is 13.8 Å². The van der Waals surface area contributed by atoms with Crippen LogP contribution < -0.4 is 11.1 Å². The summed E-state index contributed by atoms with van der Waals surface area (Å²) in [5.41, 5.74) is 12.8. The highest BCUT2D eigenvalue weighted by molar-refractivity contribution is 5.99. The molecule has 0 bridgehead atoms. The summed E-state index contributed by atoms with van der Waals surface area (Å²) in [5.74, 6) is 0.804. The predicted molar refractivity (Wildman–Crippen MR) is 110 cm³/mol. The summed E-state index contributed by atoms with van der Waals surface area (Å²) in [7, 11) is 0. The molecule has 0 aliphatic rings. The third kappa shape index (κ3) is 3.12. The second-order valence-electron chi connectivity index (χ2n) is 6.80. The fourth-order valence-corrected chi connectivity index (χ4v) is 3.46. The van der Waals surface area contributed by atoms with Crippen molar-refractivity contribution in [1.29, 1.82) is 0 Å². The topological polar surface area (TPSA) is 77.0 Å². The number of benzene rings is 2. The highest BCUT2D eigenvalue weighted by Gasteiger charge is 2.15. The maximum atomic E-state index is 6.24. The van der Waals surface area contributed by atoms with Crippen molar-refractivity contribution < 1.29 is 4.52 Å². The molecule has 1 unspecified atom stereocenters. The van der Waals surface area contributed by atoms with Crippen molar-refractivity contribution in [2.24, 2.45) is 0 Å². The Balaban J connectivity index is 1.76. The van der Waals surface area contributed by atoms with E-state index in [0.29, 0.717) is 5.69 Å². The van der Waals surface area contributed by atoms with Crippen LogP contribution in [0.25, 0.3) is 22.0 Å². The van der Waals surface area contributed by atoms with Crippen molar-refractivity contribution in [2.45, 2.75) is 26.8 Å². The fourth-order valence-electron chi connectivity index (χ4n) is 3.46. The Bertz CT molecular complexity index is 1080. The van der Waals surface area contributed by atoms with E-state index in [9.17, 15) is 0 Å². The molecular formula is C22H22N4O. The lowest BCUT2D eigenvalue weighted by Gasteiger charge is -2.19. The van der Waals surface area contributed by atoms with Gasteiger partial charge >= 0.3 is 0 Å². The van der Waals surface area contributed by atoms with Gasteiger partial charge in [0.15, 0.2) is 0 Å². The number of hydrogen-bond acceptors (Lipinski definition) is 5. The molecule has 2 aromatic heterocycles. The number of hydrogen-bond donors (Lipinski definition) is 2. The highest BCUT2D eigenvalue weighted by Crippen LogP contribution is 2.35. The number of nitrogens with two attached hydrogens (primary N) is 1. The van der Waals surface area contributed by atoms with E-state index in [1.54, 1.807) is 6.20 Å². The average Bonchev–Trinajstić information content (AvgIpc) is 3.02. The number of nitrogen functional groups attached to an aromatic ring is 1. The van der Waals surface area contributed by atoms with Crippen LogP contribution in [-0.2, 0) is 0 Å². The molecular weight excluding hydrogens is 336 g/mol. The standard InChI is InChI=1S/C22H22N4O/c1-13(16-7-5-4-6-8-16)25-22-18-10-9-17(11-20(18)24-12-19(22)23)21-14(2)26-27-15(21)3/h4-13H,23H2,1-3H3,(H,24,25). The van der Waals surface area contributed by atoms with Crippen LogP contribution >= 0.6 is 0 Å². The first-order valence-electron chi connectivity index (χ1n) is 8.97. The van der Waals surface area contributed by atoms with E-state index >= 15 is 0 Å². The molecule has 136 valence electrons. The van der Waals surface area contributed by atoms with Crippen molar-refractivity contribution >= 4 is 22.3 Å². The summed E-state index contributed by atoms with van der Waals surface area (Å²) < 4.78 is 5.30. The first-order chi connectivity index (χ1) is 13.0. The minimum absolute atomic E-state index is 0.126. The average molecular weight is 358 g/mol. The molecule has 0 saturated heterocycles. The zero-order chi connectivity index (χ0) is 19.0. The van der Waals surface area contributed by atoms with Crippen molar-refractivity contribution in [2.75, 3.05) is 11.1 Å². The summed E-state index contributed by atoms with van der Waals surface area (Å²) in [6, 6.07) is 16.6. The number of rotatable bonds is 4. The van der Waals surface area contributed by atoms with Gasteiger partial charge < -0.3 is 15.6 Å². The Morgan fingerprint density at radius 2 is 1.85 bits per heavy atom. The van der Waals surface area contributed by atoms with Gasteiger partial charge in [0.25, 0.3) is 0 Å². The van der Waals surface area contributed by atoms with Gasteiger partial charge in [0.1, 0.15) is 5.76 Å². The maximum Gasteiger partial charge on any atom is 0.141 e. The molecule has 3 N–H and O–H groups in total. The number of anilines is 2. The summed E-state index contributed by atoms with van der Waals surface area (Å²) in [6.07, 6.45) is 1.71. The summed E-state index contributed by atoms with van der Waals surface area (Å²) in [6.45, 7) is 5.99. The zero-order valence-corrected chi connectivity index (χ0v) is 15.7. The third-order valence-electron chi connectivity index (χ3n) is 4.88. The van der Waals surface area contributed by atoms with Crippen LogP contribution in [-0.4, -0.2) is 10.1 Å². The normalized spacial score (nSPS) is 12.3. The lowest BCUT2D eigenvalue weighted by atomic mass is 10.0. The Morgan fingerprint density at radius 3 is 2.56 bits per heavy atom. The van der Waals surface area contributed by atoms with Gasteiger partial charge in [-0.05, 0) is 38.0 Å². The minimum atomic E-state index is 0.126. The van der Waals surface area contributed by atoms with Crippen molar-refractivity contribution in [3.05, 3.63) is 71.7 Å². The smallest absolute Gasteiger partial charge is 0.141 e. The molecule has 1 atom stereocenters. The predicted octanol–water partition coefficient (Wildman–Crippen LogP) is 5.26. The van der Waals surface area contributed by atoms with Gasteiger partial charge in [0.05, 0.1) is 28.8 Å². The van der Waals surface area contributed by atoms with Gasteiger partial charge in [0.2, 0.25) is 0 Å². The largest absolute Gasteiger partial charge is 0.396 e. The third-order valence-corrected chi connectivity index (χ3v) is 4.88. The van der Waals surface area contributed by atoms with E-state index in [2.05, 4.69) is 52.7 Å². The van der Waals surface area contributed by atoms with Crippen molar-refractivity contribution in [1.82, 2.24) is 10.1 Å². The molecule has 5 heteroatoms. The highest BCUT2D eigenvalue weighted by atomic mass is 16.5. The lowest BCUT2D eigenvalue weighted by molar-refractivity contribution is 0.393. The Kier molecular flexibility index (Phi) is 4.28. The zero-order valence-electron chi connectivity index (χ0n) is 15.7. The van der Waals surface area contributed by atoms with Crippen molar-refractivity contribution in [3.8, 4) is 11.1 Å². The van der Waals surface area contributed by atoms with Gasteiger partial charge in [-0.15, -0.1) is 0 Å². The molecule has 2 heterocycles. The van der Waals surface area contributed by atoms with Gasteiger partial charge in [-0.25, -0.2) is 0 Å². The Labute approximate surface area is 158 Å². The Morgan fingerprint density at radius 1 is 1.07 bits per heavy atom. The van der Waals surface area contributed by atoms with E-state index in [1.807, 2.05) is 32.0 Å². The van der Waals surface area contributed by atoms with E-state index < -0.39 is 0 Å². The van der Waals surface area contributed by atoms with E-state index in [-0.39, 0.29) is 6.04 Å². The number of aromatic nitrogens is 2. The van der Waals surface area contributed by atoms with Crippen LogP contribution in [0.5, 0.6) is 0 Å². The Hall–Kier alpha value is -3.34. The van der Waals surface area contributed by atoms with Crippen LogP contribution in [0.2, 0.25) is 0 Å². The second kappa shape index (κ2) is 6.76. The monoisotopic (exact) mass is 358 g/mol. The molecule has 27 heavy (non-hydrogen) atoms. The van der Waals surface area contributed by atoms with Crippen LogP contribution in [0.1, 0.15) is 30.0 Å². The molecule has 0 aliphatic heterocycles. The fraction of sp³-hybridized carbons (Fsp3) is 0.182. The van der Waals surface area contributed by atoms with Gasteiger partial charge in [-0.1, -0.05) is 47.6 Å². The number of nitrogens with one attached hydrogen (secondary N) is 1. The maximum absolute atomic E-state index is 6.24. The SMILES string of the molecule is Cc1noc(C)c1-c1ccc2c(NC(C)c3ccccc3)c(N)cnc2c1. The molecule has 5 nitrogen and oxygen atoms in total. The van der Waals surface area contributed by atoms with Gasteiger partial charge in [0, 0.05) is 17.0 Å². The lowest BCUT2D eigenvalue weighted by Crippen LogP contribution is -2.09. The molecule has 4 aromatic rings. The quantitative estimate of drug-likeness (QED) is 0.520. The molecule has 0 amide bonds. The van der Waals surface area contributed by atoms with Crippen LogP contribution in [0.3, 0.4) is 0 Å². The molecule has 4 rings (SSSR count). The second-order valence-corrected chi connectivity index (χ2v) is 6.80. The van der Waals surface area contributed by atoms with E-state index in [0.717, 1.165) is 39.2 Å². The molecule has 0 fully saturated rings. The van der Waals surface area contributed by atoms with E-state index in [4.69, 9.17) is 10.3 Å². The van der Waals surface area contributed by atoms with Crippen molar-refractivity contribution in [3.63, 3.8) is 0 Å². The van der Waals surface area contributed by atoms with E-state index in [1.165, 1.54) is 5.56 Å². The molecule has 0 saturated carbocycles. The number of fused-ring (bicyclic) bond motifs is 1. The number of pyridine rings is 1. The molecule has 0 aliphatic carbocycles. The molecule has 0 spiro atoms. The van der Waals surface area contributed by atoms with Crippen LogP contribution in [0.4, 0.5) is 11.4 Å². The molecule has 2 aromatic carbocycles. The summed E-state index contributed by atoms with van der Waals surface area (Å²) in [4.78, 5) is 4.54. The first kappa shape index (κ1) is 17.1. The molecule has 0 radical (unpaired) electrons. The van der Waals surface area contributed by atoms with Gasteiger partial charge in [-0.2, -0.15) is 0 Å². The summed E-state index contributed by atoms with van der Waals surface area (Å²) >= 11 is 0. The number of aryl methyl sites for hydroxylation is 2. The first-order valence-corrected chi connectivity index (χ1v) is 8.97. The number of nitrogens with zero attached hydrogens (tertiary/aromatic N) is 2. The van der Waals surface area contributed by atoms with Crippen LogP contribution in [0.15, 0.2) is 59.3 Å².